The van der Waals surface area contributed by atoms with E-state index in [0.29, 0.717) is 6.54 Å². The number of aryl methyl sites for hydroxylation is 1. The topological polar surface area (TPSA) is 49.3 Å². The van der Waals surface area contributed by atoms with Crippen molar-refractivity contribution >= 4 is 43.5 Å². The summed E-state index contributed by atoms with van der Waals surface area (Å²) in [6.07, 6.45) is 0. The van der Waals surface area contributed by atoms with Gasteiger partial charge in [0, 0.05) is 15.5 Å². The Morgan fingerprint density at radius 3 is 2.24 bits per heavy atom. The van der Waals surface area contributed by atoms with E-state index >= 15 is 0 Å². The molecule has 2 N–H and O–H groups in total. The molecule has 5 heteroatoms. The van der Waals surface area contributed by atoms with Gasteiger partial charge < -0.3 is 10.4 Å². The van der Waals surface area contributed by atoms with E-state index in [1.54, 1.807) is 13.8 Å². The Morgan fingerprint density at radius 1 is 1.35 bits per heavy atom. The molecule has 94 valence electrons. The molecule has 1 rings (SSSR count). The zero-order valence-electron chi connectivity index (χ0n) is 9.97. The van der Waals surface area contributed by atoms with Crippen LogP contribution in [0.5, 0.6) is 0 Å². The fourth-order valence-electron chi connectivity index (χ4n) is 1.25. The molecule has 3 nitrogen and oxygen atoms in total. The van der Waals surface area contributed by atoms with Crippen LogP contribution in [0.1, 0.15) is 19.4 Å². The number of hydrogen-bond donors (Lipinski definition) is 2. The second-order valence-electron chi connectivity index (χ2n) is 4.65. The van der Waals surface area contributed by atoms with Gasteiger partial charge in [0.05, 0.1) is 11.1 Å². The zero-order valence-corrected chi connectivity index (χ0v) is 13.1. The number of rotatable bonds is 4. The highest BCUT2D eigenvalue weighted by Crippen LogP contribution is 2.33. The van der Waals surface area contributed by atoms with Crippen molar-refractivity contribution < 1.29 is 9.90 Å². The van der Waals surface area contributed by atoms with E-state index in [-0.39, 0.29) is 0 Å². The second-order valence-corrected chi connectivity index (χ2v) is 6.35. The number of carboxylic acid groups (broad SMARTS) is 1. The molecule has 0 aliphatic rings. The molecule has 0 saturated carbocycles. The first-order chi connectivity index (χ1) is 7.74. The molecule has 0 fully saturated rings. The number of anilines is 1. The highest BCUT2D eigenvalue weighted by molar-refractivity contribution is 9.11. The van der Waals surface area contributed by atoms with Gasteiger partial charge in [0.15, 0.2) is 0 Å². The first kappa shape index (κ1) is 14.5. The van der Waals surface area contributed by atoms with Gasteiger partial charge in [0.25, 0.3) is 0 Å². The lowest BCUT2D eigenvalue weighted by molar-refractivity contribution is -0.146. The average molecular weight is 365 g/mol. The lowest BCUT2D eigenvalue weighted by Crippen LogP contribution is -2.31. The summed E-state index contributed by atoms with van der Waals surface area (Å²) in [5.74, 6) is -0.815. The lowest BCUT2D eigenvalue weighted by atomic mass is 9.94. The summed E-state index contributed by atoms with van der Waals surface area (Å²) >= 11 is 6.93. The minimum absolute atomic E-state index is 0.364. The van der Waals surface area contributed by atoms with Crippen LogP contribution in [0.3, 0.4) is 0 Å². The van der Waals surface area contributed by atoms with Gasteiger partial charge >= 0.3 is 5.97 Å². The molecule has 1 aromatic carbocycles. The molecule has 0 unspecified atom stereocenters. The third-order valence-electron chi connectivity index (χ3n) is 2.47. The summed E-state index contributed by atoms with van der Waals surface area (Å²) < 4.78 is 1.84. The maximum Gasteiger partial charge on any atom is 0.310 e. The Kier molecular flexibility index (Phi) is 4.61. The van der Waals surface area contributed by atoms with Crippen molar-refractivity contribution in [2.24, 2.45) is 5.41 Å². The number of aliphatic carboxylic acids is 1. The number of nitrogens with one attached hydrogen (secondary N) is 1. The Hall–Kier alpha value is -0.550. The smallest absolute Gasteiger partial charge is 0.310 e. The van der Waals surface area contributed by atoms with Crippen LogP contribution in [-0.4, -0.2) is 17.6 Å². The highest BCUT2D eigenvalue weighted by Gasteiger charge is 2.27. The third kappa shape index (κ3) is 3.71. The van der Waals surface area contributed by atoms with Gasteiger partial charge in [0.2, 0.25) is 0 Å². The monoisotopic (exact) mass is 363 g/mol. The molecule has 17 heavy (non-hydrogen) atoms. The summed E-state index contributed by atoms with van der Waals surface area (Å²) in [6, 6.07) is 3.97. The molecule has 1 aromatic rings. The standard InChI is InChI=1S/C12H15Br2NO2/c1-7-4-8(13)10(9(14)5-7)15-6-12(2,3)11(16)17/h4-5,15H,6H2,1-3H3,(H,16,17). The van der Waals surface area contributed by atoms with Crippen LogP contribution in [0.25, 0.3) is 0 Å². The molecule has 0 spiro atoms. The molecule has 0 aromatic heterocycles. The Labute approximate surface area is 118 Å². The van der Waals surface area contributed by atoms with E-state index < -0.39 is 11.4 Å². The normalized spacial score (nSPS) is 11.4. The van der Waals surface area contributed by atoms with E-state index in [4.69, 9.17) is 5.11 Å². The van der Waals surface area contributed by atoms with Crippen LogP contribution < -0.4 is 5.32 Å². The minimum Gasteiger partial charge on any atom is -0.481 e. The van der Waals surface area contributed by atoms with E-state index in [0.717, 1.165) is 20.2 Å². The molecule has 0 bridgehead atoms. The third-order valence-corrected chi connectivity index (χ3v) is 3.72. The van der Waals surface area contributed by atoms with Gasteiger partial charge in [-0.3, -0.25) is 4.79 Å². The molecule has 0 radical (unpaired) electrons. The molecule has 0 atom stereocenters. The minimum atomic E-state index is -0.815. The van der Waals surface area contributed by atoms with Crippen molar-refractivity contribution in [3.8, 4) is 0 Å². The fourth-order valence-corrected chi connectivity index (χ4v) is 2.95. The molecular formula is C12H15Br2NO2. The first-order valence-electron chi connectivity index (χ1n) is 5.17. The number of halogens is 2. The van der Waals surface area contributed by atoms with E-state index in [9.17, 15) is 4.79 Å². The SMILES string of the molecule is Cc1cc(Br)c(NCC(C)(C)C(=O)O)c(Br)c1. The van der Waals surface area contributed by atoms with Crippen LogP contribution in [0.2, 0.25) is 0 Å². The Morgan fingerprint density at radius 2 is 1.82 bits per heavy atom. The first-order valence-corrected chi connectivity index (χ1v) is 6.75. The number of hydrogen-bond acceptors (Lipinski definition) is 2. The Bertz CT molecular complexity index is 421. The molecule has 0 aliphatic heterocycles. The Balaban J connectivity index is 2.87. The summed E-state index contributed by atoms with van der Waals surface area (Å²) in [5, 5.41) is 12.2. The fraction of sp³-hybridized carbons (Fsp3) is 0.417. The molecule has 0 heterocycles. The predicted octanol–water partition coefficient (Wildman–Crippen LogP) is 4.04. The van der Waals surface area contributed by atoms with Crippen LogP contribution in [0.4, 0.5) is 5.69 Å². The van der Waals surface area contributed by atoms with Gasteiger partial charge in [-0.25, -0.2) is 0 Å². The largest absolute Gasteiger partial charge is 0.481 e. The predicted molar refractivity (Wildman–Crippen MR) is 76.5 cm³/mol. The van der Waals surface area contributed by atoms with E-state index in [2.05, 4.69) is 37.2 Å². The molecular weight excluding hydrogens is 350 g/mol. The zero-order chi connectivity index (χ0) is 13.2. The average Bonchev–Trinajstić information content (AvgIpc) is 2.15. The second kappa shape index (κ2) is 5.40. The molecule has 0 amide bonds. The van der Waals surface area contributed by atoms with Crippen molar-refractivity contribution in [1.29, 1.82) is 0 Å². The van der Waals surface area contributed by atoms with Crippen molar-refractivity contribution in [2.75, 3.05) is 11.9 Å². The van der Waals surface area contributed by atoms with Crippen molar-refractivity contribution in [1.82, 2.24) is 0 Å². The highest BCUT2D eigenvalue weighted by atomic mass is 79.9. The molecule has 0 saturated heterocycles. The van der Waals surface area contributed by atoms with Gasteiger partial charge in [-0.1, -0.05) is 0 Å². The van der Waals surface area contributed by atoms with E-state index in [1.807, 2.05) is 19.1 Å². The summed E-state index contributed by atoms with van der Waals surface area (Å²) in [5.41, 5.74) is 1.21. The number of carbonyl (C=O) groups is 1. The maximum atomic E-state index is 11.0. The summed E-state index contributed by atoms with van der Waals surface area (Å²) in [6.45, 7) is 5.75. The van der Waals surface area contributed by atoms with Crippen LogP contribution in [-0.2, 0) is 4.79 Å². The molecule has 0 aliphatic carbocycles. The number of carboxylic acids is 1. The van der Waals surface area contributed by atoms with Gasteiger partial charge in [-0.15, -0.1) is 0 Å². The van der Waals surface area contributed by atoms with Gasteiger partial charge in [-0.2, -0.15) is 0 Å². The maximum absolute atomic E-state index is 11.0. The lowest BCUT2D eigenvalue weighted by Gasteiger charge is -2.21. The summed E-state index contributed by atoms with van der Waals surface area (Å²) in [4.78, 5) is 11.0. The van der Waals surface area contributed by atoms with Crippen LogP contribution in [0, 0.1) is 12.3 Å². The van der Waals surface area contributed by atoms with Crippen LogP contribution >= 0.6 is 31.9 Å². The van der Waals surface area contributed by atoms with Crippen LogP contribution in [0.15, 0.2) is 21.1 Å². The van der Waals surface area contributed by atoms with E-state index in [1.165, 1.54) is 0 Å². The van der Waals surface area contributed by atoms with Gasteiger partial charge in [-0.05, 0) is 70.3 Å². The van der Waals surface area contributed by atoms with Crippen molar-refractivity contribution in [3.63, 3.8) is 0 Å². The van der Waals surface area contributed by atoms with Crippen molar-refractivity contribution in [3.05, 3.63) is 26.6 Å². The quantitative estimate of drug-likeness (QED) is 0.847. The summed E-state index contributed by atoms with van der Waals surface area (Å²) in [7, 11) is 0. The van der Waals surface area contributed by atoms with Crippen molar-refractivity contribution in [2.45, 2.75) is 20.8 Å². The number of benzene rings is 1. The van der Waals surface area contributed by atoms with Gasteiger partial charge in [0.1, 0.15) is 0 Å².